The molecule has 2 N–H and O–H groups in total. The van der Waals surface area contributed by atoms with Crippen LogP contribution in [0.1, 0.15) is 0 Å². The van der Waals surface area contributed by atoms with E-state index in [9.17, 15) is 8.42 Å². The Bertz CT molecular complexity index is 1530. The Balaban J connectivity index is 1.87. The van der Waals surface area contributed by atoms with Crippen LogP contribution >= 0.6 is 0 Å². The number of benzene rings is 4. The fraction of sp³-hybridized carbons (Fsp3) is 0. The van der Waals surface area contributed by atoms with Crippen molar-refractivity contribution in [2.45, 2.75) is 4.90 Å². The first-order valence-electron chi connectivity index (χ1n) is 9.78. The molecule has 5 nitrogen and oxygen atoms in total. The molecule has 0 amide bonds. The van der Waals surface area contributed by atoms with Gasteiger partial charge in [-0.3, -0.25) is 0 Å². The summed E-state index contributed by atoms with van der Waals surface area (Å²) in [6, 6.07) is 32.8. The van der Waals surface area contributed by atoms with Crippen LogP contribution < -0.4 is 10.5 Å². The number of nitrogens with zero attached hydrogens (tertiary/aromatic N) is 2. The van der Waals surface area contributed by atoms with Crippen LogP contribution in [0.2, 0.25) is 0 Å². The van der Waals surface area contributed by atoms with Gasteiger partial charge in [0.25, 0.3) is 0 Å². The third-order valence-electron chi connectivity index (χ3n) is 5.22. The van der Waals surface area contributed by atoms with Crippen molar-refractivity contribution in [2.24, 2.45) is 10.1 Å². The molecule has 0 saturated heterocycles. The molecule has 0 radical (unpaired) electrons. The summed E-state index contributed by atoms with van der Waals surface area (Å²) in [5.74, 6) is 0. The smallest absolute Gasteiger partial charge is 0.238 e. The molecule has 0 aliphatic carbocycles. The van der Waals surface area contributed by atoms with Gasteiger partial charge >= 0.3 is 0 Å². The van der Waals surface area contributed by atoms with Crippen LogP contribution in [0, 0.1) is 0 Å². The van der Waals surface area contributed by atoms with Gasteiger partial charge in [0, 0.05) is 16.5 Å². The summed E-state index contributed by atoms with van der Waals surface area (Å²) >= 11 is 0. The highest BCUT2D eigenvalue weighted by molar-refractivity contribution is 7.89. The highest BCUT2D eigenvalue weighted by Crippen LogP contribution is 2.25. The number of para-hydroxylation sites is 3. The van der Waals surface area contributed by atoms with Crippen molar-refractivity contribution in [3.8, 4) is 5.69 Å². The van der Waals surface area contributed by atoms with Gasteiger partial charge in [0.1, 0.15) is 0 Å². The van der Waals surface area contributed by atoms with E-state index in [1.165, 1.54) is 12.1 Å². The number of sulfonamides is 1. The maximum absolute atomic E-state index is 11.6. The van der Waals surface area contributed by atoms with Crippen LogP contribution in [0.4, 0.5) is 5.69 Å². The second kappa shape index (κ2) is 7.50. The van der Waals surface area contributed by atoms with Gasteiger partial charge in [-0.2, -0.15) is 0 Å². The molecule has 0 atom stereocenters. The summed E-state index contributed by atoms with van der Waals surface area (Å²) in [5, 5.41) is 8.05. The van der Waals surface area contributed by atoms with Crippen molar-refractivity contribution in [1.29, 1.82) is 0 Å². The van der Waals surface area contributed by atoms with Crippen LogP contribution in [0.15, 0.2) is 113 Å². The normalized spacial score (nSPS) is 11.6. The summed E-state index contributed by atoms with van der Waals surface area (Å²) < 4.78 is 25.4. The Morgan fingerprint density at radius 1 is 0.645 bits per heavy atom. The lowest BCUT2D eigenvalue weighted by Gasteiger charge is -2.16. The molecule has 0 saturated carbocycles. The third kappa shape index (κ3) is 3.52. The van der Waals surface area contributed by atoms with Crippen molar-refractivity contribution in [2.75, 3.05) is 0 Å². The molecule has 0 unspecified atom stereocenters. The van der Waals surface area contributed by atoms with Crippen LogP contribution in [-0.4, -0.2) is 13.0 Å². The van der Waals surface area contributed by atoms with E-state index in [-0.39, 0.29) is 4.90 Å². The van der Waals surface area contributed by atoms with Crippen LogP contribution in [0.5, 0.6) is 0 Å². The van der Waals surface area contributed by atoms with E-state index >= 15 is 0 Å². The van der Waals surface area contributed by atoms with E-state index < -0.39 is 10.0 Å². The fourth-order valence-corrected chi connectivity index (χ4v) is 4.34. The zero-order valence-corrected chi connectivity index (χ0v) is 17.3. The summed E-state index contributed by atoms with van der Waals surface area (Å²) in [7, 11) is -3.74. The van der Waals surface area contributed by atoms with Gasteiger partial charge < -0.3 is 4.57 Å². The number of pyridine rings is 1. The van der Waals surface area contributed by atoms with Gasteiger partial charge in [0.15, 0.2) is 0 Å². The largest absolute Gasteiger partial charge is 0.309 e. The lowest BCUT2D eigenvalue weighted by atomic mass is 10.1. The highest BCUT2D eigenvalue weighted by Gasteiger charge is 2.11. The molecule has 0 aliphatic rings. The zero-order valence-electron chi connectivity index (χ0n) is 16.5. The average Bonchev–Trinajstić information content (AvgIpc) is 2.79. The minimum absolute atomic E-state index is 0.0659. The quantitative estimate of drug-likeness (QED) is 0.427. The summed E-state index contributed by atoms with van der Waals surface area (Å²) in [5.41, 5.74) is 3.79. The lowest BCUT2D eigenvalue weighted by Crippen LogP contribution is -2.12. The number of fused-ring (bicyclic) bond motifs is 2. The molecule has 31 heavy (non-hydrogen) atoms. The average molecular weight is 426 g/mol. The van der Waals surface area contributed by atoms with E-state index in [1.54, 1.807) is 12.1 Å². The molecule has 1 heterocycles. The van der Waals surface area contributed by atoms with Crippen molar-refractivity contribution in [3.63, 3.8) is 0 Å². The Labute approximate surface area is 179 Å². The van der Waals surface area contributed by atoms with Gasteiger partial charge in [-0.05, 0) is 48.5 Å². The van der Waals surface area contributed by atoms with Crippen molar-refractivity contribution < 1.29 is 8.42 Å². The molecular weight excluding hydrogens is 406 g/mol. The van der Waals surface area contributed by atoms with E-state index in [2.05, 4.69) is 41.0 Å². The maximum Gasteiger partial charge on any atom is 0.238 e. The second-order valence-electron chi connectivity index (χ2n) is 7.20. The predicted octanol–water partition coefficient (Wildman–Crippen LogP) is 4.66. The summed E-state index contributed by atoms with van der Waals surface area (Å²) in [4.78, 5) is 4.97. The standard InChI is InChI=1S/C25H19N3O2S/c26-31(29,30)20-16-14-18(15-17-20)27-25-21-10-4-6-12-23(21)28(19-8-2-1-3-9-19)24-13-7-5-11-22(24)25/h1-17H,(H2,26,29,30). The Morgan fingerprint density at radius 3 is 1.71 bits per heavy atom. The van der Waals surface area contributed by atoms with Gasteiger partial charge in [-0.15, -0.1) is 0 Å². The number of primary sulfonamides is 1. The predicted molar refractivity (Wildman–Crippen MR) is 124 cm³/mol. The zero-order chi connectivity index (χ0) is 21.4. The molecule has 5 rings (SSSR count). The number of nitrogens with two attached hydrogens (primary N) is 1. The Kier molecular flexibility index (Phi) is 4.66. The molecule has 4 aromatic carbocycles. The van der Waals surface area contributed by atoms with E-state index in [0.29, 0.717) is 5.69 Å². The molecule has 0 spiro atoms. The van der Waals surface area contributed by atoms with E-state index in [4.69, 9.17) is 10.1 Å². The molecule has 1 aromatic heterocycles. The van der Waals surface area contributed by atoms with Gasteiger partial charge in [0.05, 0.1) is 27.0 Å². The topological polar surface area (TPSA) is 77.5 Å². The van der Waals surface area contributed by atoms with Crippen LogP contribution in [-0.2, 0) is 10.0 Å². The molecule has 0 fully saturated rings. The molecule has 0 bridgehead atoms. The Morgan fingerprint density at radius 2 is 1.16 bits per heavy atom. The first-order valence-corrected chi connectivity index (χ1v) is 11.3. The van der Waals surface area contributed by atoms with Crippen LogP contribution in [0.25, 0.3) is 27.5 Å². The maximum atomic E-state index is 11.6. The lowest BCUT2D eigenvalue weighted by molar-refractivity contribution is 0.598. The van der Waals surface area contributed by atoms with Gasteiger partial charge in [-0.1, -0.05) is 54.6 Å². The Hall–Kier alpha value is -3.74. The fourth-order valence-electron chi connectivity index (χ4n) is 3.83. The molecule has 5 aromatic rings. The molecule has 0 aliphatic heterocycles. The van der Waals surface area contributed by atoms with Crippen molar-refractivity contribution in [1.82, 2.24) is 4.57 Å². The monoisotopic (exact) mass is 425 g/mol. The van der Waals surface area contributed by atoms with Crippen LogP contribution in [0.3, 0.4) is 0 Å². The molecule has 152 valence electrons. The second-order valence-corrected chi connectivity index (χ2v) is 8.77. The molecule has 6 heteroatoms. The highest BCUT2D eigenvalue weighted by atomic mass is 32.2. The SMILES string of the molecule is NS(=O)(=O)c1ccc(N=c2c3ccccc3n(-c3ccccc3)c3ccccc23)cc1. The third-order valence-corrected chi connectivity index (χ3v) is 6.15. The summed E-state index contributed by atoms with van der Waals surface area (Å²) in [6.07, 6.45) is 0. The number of hydrogen-bond acceptors (Lipinski definition) is 3. The van der Waals surface area contributed by atoms with Crippen molar-refractivity contribution >= 4 is 37.5 Å². The van der Waals surface area contributed by atoms with Gasteiger partial charge in [-0.25, -0.2) is 18.5 Å². The first kappa shape index (κ1) is 19.2. The first-order chi connectivity index (χ1) is 15.0. The van der Waals surface area contributed by atoms with Gasteiger partial charge in [0.2, 0.25) is 10.0 Å². The number of hydrogen-bond donors (Lipinski definition) is 1. The summed E-state index contributed by atoms with van der Waals surface area (Å²) in [6.45, 7) is 0. The van der Waals surface area contributed by atoms with E-state index in [1.807, 2.05) is 42.5 Å². The van der Waals surface area contributed by atoms with Crippen molar-refractivity contribution in [3.05, 3.63) is 108 Å². The molecular formula is C25H19N3O2S. The minimum Gasteiger partial charge on any atom is -0.309 e. The number of rotatable bonds is 3. The van der Waals surface area contributed by atoms with E-state index in [0.717, 1.165) is 32.9 Å². The minimum atomic E-state index is -3.74. The number of aromatic nitrogens is 1.